The van der Waals surface area contributed by atoms with Gasteiger partial charge in [-0.2, -0.15) is 0 Å². The third-order valence-corrected chi connectivity index (χ3v) is 5.77. The van der Waals surface area contributed by atoms with Crippen molar-refractivity contribution < 1.29 is 19.1 Å². The Hall–Kier alpha value is -3.62. The van der Waals surface area contributed by atoms with Crippen molar-refractivity contribution in [1.82, 2.24) is 20.6 Å². The van der Waals surface area contributed by atoms with Gasteiger partial charge in [0.2, 0.25) is 0 Å². The molecule has 0 unspecified atom stereocenters. The number of H-pyrrole nitrogens is 2. The van der Waals surface area contributed by atoms with Gasteiger partial charge in [-0.15, -0.1) is 0 Å². The molecule has 8 heteroatoms. The largest absolute Gasteiger partial charge is 0.426 e. The Bertz CT molecular complexity index is 1190. The number of hydrogen-bond acceptors (Lipinski definition) is 6. The Kier molecular flexibility index (Phi) is 7.61. The van der Waals surface area contributed by atoms with Crippen LogP contribution >= 0.6 is 0 Å². The van der Waals surface area contributed by atoms with Crippen molar-refractivity contribution in [3.05, 3.63) is 59.9 Å². The molecule has 2 heterocycles. The Labute approximate surface area is 198 Å². The lowest BCUT2D eigenvalue weighted by Crippen LogP contribution is -2.15. The van der Waals surface area contributed by atoms with Crippen molar-refractivity contribution in [1.29, 1.82) is 0 Å². The molecule has 0 saturated carbocycles. The summed E-state index contributed by atoms with van der Waals surface area (Å²) >= 11 is 0. The van der Waals surface area contributed by atoms with E-state index in [1.165, 1.54) is 0 Å². The molecular weight excluding hydrogens is 432 g/mol. The van der Waals surface area contributed by atoms with E-state index in [2.05, 4.69) is 20.6 Å². The third-order valence-electron chi connectivity index (χ3n) is 5.77. The van der Waals surface area contributed by atoms with Gasteiger partial charge >= 0.3 is 11.9 Å². The second-order valence-electron chi connectivity index (χ2n) is 8.14. The van der Waals surface area contributed by atoms with Gasteiger partial charge in [0.1, 0.15) is 11.5 Å². The van der Waals surface area contributed by atoms with Crippen molar-refractivity contribution in [2.45, 2.75) is 25.7 Å². The number of rotatable bonds is 11. The first-order chi connectivity index (χ1) is 16.6. The van der Waals surface area contributed by atoms with E-state index in [1.807, 2.05) is 50.8 Å². The Balaban J connectivity index is 1.39. The number of hydrogen-bond donors (Lipinski definition) is 4. The van der Waals surface area contributed by atoms with Gasteiger partial charge in [0.25, 0.3) is 0 Å². The van der Waals surface area contributed by atoms with E-state index >= 15 is 0 Å². The van der Waals surface area contributed by atoms with E-state index in [9.17, 15) is 9.59 Å². The van der Waals surface area contributed by atoms with Gasteiger partial charge in [-0.05, 0) is 75.4 Å². The van der Waals surface area contributed by atoms with Crippen LogP contribution in [-0.4, -0.2) is 49.1 Å². The second kappa shape index (κ2) is 11.0. The Morgan fingerprint density at radius 3 is 1.59 bits per heavy atom. The van der Waals surface area contributed by atoms with E-state index in [1.54, 1.807) is 12.1 Å². The summed E-state index contributed by atoms with van der Waals surface area (Å²) in [5.41, 5.74) is 3.95. The second-order valence-corrected chi connectivity index (χ2v) is 8.14. The van der Waals surface area contributed by atoms with Crippen molar-refractivity contribution in [2.24, 2.45) is 0 Å². The fourth-order valence-corrected chi connectivity index (χ4v) is 4.07. The van der Waals surface area contributed by atoms with Crippen LogP contribution in [0.25, 0.3) is 21.8 Å². The highest BCUT2D eigenvalue weighted by Gasteiger charge is 2.17. The molecule has 2 aromatic heterocycles. The molecule has 0 fully saturated rings. The SMILES string of the molecule is CNCCc1c[nH]c2cccc(OC(=O)CCC(=O)Oc3cccc4[nH]cc(CCNC)c34)c12. The van der Waals surface area contributed by atoms with Gasteiger partial charge in [0.15, 0.2) is 0 Å². The fraction of sp³-hybridized carbons (Fsp3) is 0.308. The maximum absolute atomic E-state index is 12.5. The van der Waals surface area contributed by atoms with Crippen LogP contribution in [0.1, 0.15) is 24.0 Å². The predicted octanol–water partition coefficient (Wildman–Crippen LogP) is 3.46. The summed E-state index contributed by atoms with van der Waals surface area (Å²) < 4.78 is 11.3. The van der Waals surface area contributed by atoms with Gasteiger partial charge in [-0.25, -0.2) is 0 Å². The number of fused-ring (bicyclic) bond motifs is 2. The predicted molar refractivity (Wildman–Crippen MR) is 132 cm³/mol. The van der Waals surface area contributed by atoms with Crippen LogP contribution < -0.4 is 20.1 Å². The lowest BCUT2D eigenvalue weighted by atomic mass is 10.1. The minimum absolute atomic E-state index is 0.0682. The summed E-state index contributed by atoms with van der Waals surface area (Å²) in [5, 5.41) is 8.04. The van der Waals surface area contributed by atoms with Gasteiger partial charge in [-0.1, -0.05) is 12.1 Å². The molecule has 0 saturated heterocycles. The first kappa shape index (κ1) is 23.5. The number of nitrogens with one attached hydrogen (secondary N) is 4. The molecule has 34 heavy (non-hydrogen) atoms. The van der Waals surface area contributed by atoms with Crippen LogP contribution in [0.15, 0.2) is 48.8 Å². The van der Waals surface area contributed by atoms with Gasteiger partial charge in [0, 0.05) is 34.2 Å². The van der Waals surface area contributed by atoms with Crippen LogP contribution in [0.3, 0.4) is 0 Å². The molecular formula is C26H30N4O4. The molecule has 0 amide bonds. The summed E-state index contributed by atoms with van der Waals surface area (Å²) in [6.45, 7) is 1.62. The van der Waals surface area contributed by atoms with Crippen molar-refractivity contribution >= 4 is 33.7 Å². The van der Waals surface area contributed by atoms with E-state index in [-0.39, 0.29) is 12.8 Å². The molecule has 4 aromatic rings. The highest BCUT2D eigenvalue weighted by molar-refractivity contribution is 5.93. The smallest absolute Gasteiger partial charge is 0.311 e. The first-order valence-corrected chi connectivity index (χ1v) is 11.5. The summed E-state index contributed by atoms with van der Waals surface area (Å²) in [6, 6.07) is 11.1. The normalized spacial score (nSPS) is 11.2. The molecule has 0 aliphatic heterocycles. The van der Waals surface area contributed by atoms with E-state index in [0.717, 1.165) is 58.9 Å². The molecule has 0 radical (unpaired) electrons. The quantitative estimate of drug-likeness (QED) is 0.201. The lowest BCUT2D eigenvalue weighted by Gasteiger charge is -2.09. The molecule has 0 aliphatic rings. The number of aromatic nitrogens is 2. The molecule has 0 aliphatic carbocycles. The minimum Gasteiger partial charge on any atom is -0.426 e. The van der Waals surface area contributed by atoms with E-state index in [0.29, 0.717) is 11.5 Å². The van der Waals surface area contributed by atoms with Crippen LogP contribution in [0.4, 0.5) is 0 Å². The number of aromatic amines is 2. The average molecular weight is 463 g/mol. The number of ether oxygens (including phenoxy) is 2. The number of carbonyl (C=O) groups excluding carboxylic acids is 2. The zero-order chi connectivity index (χ0) is 23.9. The molecule has 0 spiro atoms. The van der Waals surface area contributed by atoms with Crippen molar-refractivity contribution in [2.75, 3.05) is 27.2 Å². The van der Waals surface area contributed by atoms with Crippen LogP contribution in [-0.2, 0) is 22.4 Å². The highest BCUT2D eigenvalue weighted by Crippen LogP contribution is 2.31. The first-order valence-electron chi connectivity index (χ1n) is 11.5. The van der Waals surface area contributed by atoms with E-state index in [4.69, 9.17) is 9.47 Å². The standard InChI is InChI=1S/C26H30N4O4/c1-27-13-11-17-15-29-19-5-3-7-21(25(17)19)33-23(31)9-10-24(32)34-22-8-4-6-20-26(22)18(16-30-20)12-14-28-2/h3-8,15-16,27-30H,9-14H2,1-2H3. The maximum atomic E-state index is 12.5. The summed E-state index contributed by atoms with van der Waals surface area (Å²) in [7, 11) is 3.79. The summed E-state index contributed by atoms with van der Waals surface area (Å²) in [6.07, 6.45) is 5.34. The Morgan fingerprint density at radius 1 is 0.735 bits per heavy atom. The van der Waals surface area contributed by atoms with Crippen LogP contribution in [0, 0.1) is 0 Å². The number of carbonyl (C=O) groups is 2. The third kappa shape index (κ3) is 5.30. The van der Waals surface area contributed by atoms with E-state index < -0.39 is 11.9 Å². The number of benzene rings is 2. The molecule has 0 atom stereocenters. The Morgan fingerprint density at radius 2 is 1.18 bits per heavy atom. The van der Waals surface area contributed by atoms with Gasteiger partial charge in [0.05, 0.1) is 12.8 Å². The molecule has 8 nitrogen and oxygen atoms in total. The molecule has 2 aromatic carbocycles. The van der Waals surface area contributed by atoms with Gasteiger partial charge < -0.3 is 30.1 Å². The highest BCUT2D eigenvalue weighted by atomic mass is 16.5. The van der Waals surface area contributed by atoms with Crippen LogP contribution in [0.2, 0.25) is 0 Å². The monoisotopic (exact) mass is 462 g/mol. The molecule has 0 bridgehead atoms. The summed E-state index contributed by atoms with van der Waals surface area (Å²) in [4.78, 5) is 31.5. The van der Waals surface area contributed by atoms with Crippen molar-refractivity contribution in [3.63, 3.8) is 0 Å². The topological polar surface area (TPSA) is 108 Å². The summed E-state index contributed by atoms with van der Waals surface area (Å²) in [5.74, 6) is 0.0449. The lowest BCUT2D eigenvalue weighted by molar-refractivity contribution is -0.140. The zero-order valence-electron chi connectivity index (χ0n) is 19.5. The zero-order valence-corrected chi connectivity index (χ0v) is 19.5. The number of likely N-dealkylation sites (N-methyl/N-ethyl adjacent to an activating group) is 2. The molecule has 178 valence electrons. The maximum Gasteiger partial charge on any atom is 0.311 e. The van der Waals surface area contributed by atoms with Crippen molar-refractivity contribution in [3.8, 4) is 11.5 Å². The molecule has 4 N–H and O–H groups in total. The van der Waals surface area contributed by atoms with Crippen LogP contribution in [0.5, 0.6) is 11.5 Å². The fourth-order valence-electron chi connectivity index (χ4n) is 4.07. The van der Waals surface area contributed by atoms with Gasteiger partial charge in [-0.3, -0.25) is 9.59 Å². The average Bonchev–Trinajstić information content (AvgIpc) is 3.45. The number of esters is 2. The minimum atomic E-state index is -0.472. The molecule has 4 rings (SSSR count).